The molecule has 2 unspecified atom stereocenters. The molecule has 0 spiro atoms. The van der Waals surface area contributed by atoms with Crippen molar-refractivity contribution in [1.82, 2.24) is 19.7 Å². The second-order valence-electron chi connectivity index (χ2n) is 6.61. The van der Waals surface area contributed by atoms with Crippen molar-refractivity contribution in [3.05, 3.63) is 11.6 Å². The number of nitrogens with zero attached hydrogens (tertiary/aromatic N) is 4. The largest absolute Gasteiger partial charge is 0.481 e. The fourth-order valence-electron chi connectivity index (χ4n) is 3.57. The van der Waals surface area contributed by atoms with Gasteiger partial charge in [-0.25, -0.2) is 0 Å². The SMILES string of the molecule is CC(C)N1CCC(Cc2nnc3n2CCCC3C(=O)O)C1. The van der Waals surface area contributed by atoms with E-state index >= 15 is 0 Å². The molecule has 1 aromatic rings. The fraction of sp³-hybridized carbons (Fsp3) is 0.800. The van der Waals surface area contributed by atoms with Crippen LogP contribution in [-0.2, 0) is 17.8 Å². The third kappa shape index (κ3) is 2.81. The zero-order valence-electron chi connectivity index (χ0n) is 12.8. The van der Waals surface area contributed by atoms with Gasteiger partial charge in [0.2, 0.25) is 0 Å². The first-order chi connectivity index (χ1) is 10.1. The average Bonchev–Trinajstić information content (AvgIpc) is 3.06. The van der Waals surface area contributed by atoms with Gasteiger partial charge in [0.15, 0.2) is 0 Å². The van der Waals surface area contributed by atoms with Crippen LogP contribution in [0.25, 0.3) is 0 Å². The summed E-state index contributed by atoms with van der Waals surface area (Å²) >= 11 is 0. The molecule has 1 fully saturated rings. The van der Waals surface area contributed by atoms with Gasteiger partial charge < -0.3 is 14.6 Å². The molecule has 0 radical (unpaired) electrons. The fourth-order valence-corrected chi connectivity index (χ4v) is 3.57. The number of likely N-dealkylation sites (tertiary alicyclic amines) is 1. The first kappa shape index (κ1) is 14.5. The van der Waals surface area contributed by atoms with E-state index in [1.165, 1.54) is 6.42 Å². The van der Waals surface area contributed by atoms with E-state index in [0.717, 1.165) is 38.3 Å². The normalized spacial score (nSPS) is 26.2. The molecular formula is C15H24N4O2. The summed E-state index contributed by atoms with van der Waals surface area (Å²) in [6, 6.07) is 0.596. The molecule has 0 aromatic carbocycles. The summed E-state index contributed by atoms with van der Waals surface area (Å²) < 4.78 is 2.06. The molecule has 2 aliphatic heterocycles. The molecule has 3 rings (SSSR count). The van der Waals surface area contributed by atoms with Crippen LogP contribution in [0.4, 0.5) is 0 Å². The van der Waals surface area contributed by atoms with Crippen molar-refractivity contribution in [2.45, 2.75) is 58.0 Å². The Morgan fingerprint density at radius 3 is 2.81 bits per heavy atom. The summed E-state index contributed by atoms with van der Waals surface area (Å²) in [4.78, 5) is 13.8. The van der Waals surface area contributed by atoms with Gasteiger partial charge in [-0.05, 0) is 45.6 Å². The van der Waals surface area contributed by atoms with Crippen LogP contribution in [0.2, 0.25) is 0 Å². The molecule has 1 saturated heterocycles. The summed E-state index contributed by atoms with van der Waals surface area (Å²) in [5.41, 5.74) is 0. The van der Waals surface area contributed by atoms with Crippen LogP contribution in [0, 0.1) is 5.92 Å². The van der Waals surface area contributed by atoms with Crippen LogP contribution >= 0.6 is 0 Å². The second-order valence-corrected chi connectivity index (χ2v) is 6.61. The monoisotopic (exact) mass is 292 g/mol. The molecular weight excluding hydrogens is 268 g/mol. The highest BCUT2D eigenvalue weighted by molar-refractivity contribution is 5.75. The Kier molecular flexibility index (Phi) is 3.97. The van der Waals surface area contributed by atoms with Gasteiger partial charge in [0, 0.05) is 25.6 Å². The number of hydrogen-bond donors (Lipinski definition) is 1. The lowest BCUT2D eigenvalue weighted by atomic mass is 9.98. The van der Waals surface area contributed by atoms with Gasteiger partial charge in [-0.2, -0.15) is 0 Å². The molecule has 6 nitrogen and oxygen atoms in total. The zero-order chi connectivity index (χ0) is 15.0. The number of aliphatic carboxylic acids is 1. The summed E-state index contributed by atoms with van der Waals surface area (Å²) in [6.07, 6.45) is 3.70. The number of carbonyl (C=O) groups is 1. The Balaban J connectivity index is 1.72. The van der Waals surface area contributed by atoms with Crippen LogP contribution in [0.3, 0.4) is 0 Å². The number of fused-ring (bicyclic) bond motifs is 1. The van der Waals surface area contributed by atoms with Gasteiger partial charge in [0.05, 0.1) is 0 Å². The average molecular weight is 292 g/mol. The van der Waals surface area contributed by atoms with Crippen molar-refractivity contribution >= 4 is 5.97 Å². The highest BCUT2D eigenvalue weighted by atomic mass is 16.4. The molecule has 0 saturated carbocycles. The van der Waals surface area contributed by atoms with Crippen LogP contribution in [0.1, 0.15) is 50.7 Å². The standard InChI is InChI=1S/C15H24N4O2/c1-10(2)18-7-5-11(9-18)8-13-16-17-14-12(15(20)21)4-3-6-19(13)14/h10-12H,3-9H2,1-2H3,(H,20,21). The Hall–Kier alpha value is -1.43. The van der Waals surface area contributed by atoms with Gasteiger partial charge in [-0.3, -0.25) is 4.79 Å². The Labute approximate surface area is 125 Å². The van der Waals surface area contributed by atoms with E-state index in [4.69, 9.17) is 0 Å². The van der Waals surface area contributed by atoms with Crippen LogP contribution < -0.4 is 0 Å². The highest BCUT2D eigenvalue weighted by Crippen LogP contribution is 2.29. The Bertz CT molecular complexity index is 526. The summed E-state index contributed by atoms with van der Waals surface area (Å²) in [6.45, 7) is 7.60. The third-order valence-corrected chi connectivity index (χ3v) is 4.86. The predicted molar refractivity (Wildman–Crippen MR) is 78.2 cm³/mol. The van der Waals surface area contributed by atoms with Crippen LogP contribution in [0.15, 0.2) is 0 Å². The maximum atomic E-state index is 11.3. The number of rotatable bonds is 4. The molecule has 1 aromatic heterocycles. The topological polar surface area (TPSA) is 71.2 Å². The minimum atomic E-state index is -0.776. The van der Waals surface area contributed by atoms with Gasteiger partial charge >= 0.3 is 5.97 Å². The molecule has 2 aliphatic rings. The Morgan fingerprint density at radius 2 is 2.14 bits per heavy atom. The molecule has 0 aliphatic carbocycles. The van der Waals surface area contributed by atoms with E-state index in [-0.39, 0.29) is 0 Å². The zero-order valence-corrected chi connectivity index (χ0v) is 12.8. The van der Waals surface area contributed by atoms with E-state index in [1.54, 1.807) is 0 Å². The van der Waals surface area contributed by atoms with Crippen LogP contribution in [0.5, 0.6) is 0 Å². The molecule has 0 amide bonds. The van der Waals surface area contributed by atoms with Crippen molar-refractivity contribution in [1.29, 1.82) is 0 Å². The molecule has 0 bridgehead atoms. The lowest BCUT2D eigenvalue weighted by molar-refractivity contribution is -0.139. The van der Waals surface area contributed by atoms with E-state index in [0.29, 0.717) is 24.2 Å². The molecule has 116 valence electrons. The maximum Gasteiger partial charge on any atom is 0.314 e. The van der Waals surface area contributed by atoms with E-state index in [1.807, 2.05) is 0 Å². The predicted octanol–water partition coefficient (Wildman–Crippen LogP) is 1.51. The number of hydrogen-bond acceptors (Lipinski definition) is 4. The molecule has 21 heavy (non-hydrogen) atoms. The molecule has 1 N–H and O–H groups in total. The summed E-state index contributed by atoms with van der Waals surface area (Å²) in [5.74, 6) is 0.998. The van der Waals surface area contributed by atoms with E-state index < -0.39 is 11.9 Å². The quantitative estimate of drug-likeness (QED) is 0.911. The van der Waals surface area contributed by atoms with Crippen LogP contribution in [-0.4, -0.2) is 49.9 Å². The van der Waals surface area contributed by atoms with Gasteiger partial charge in [-0.15, -0.1) is 10.2 Å². The molecule has 6 heteroatoms. The van der Waals surface area contributed by atoms with Crippen molar-refractivity contribution in [3.63, 3.8) is 0 Å². The van der Waals surface area contributed by atoms with Crippen molar-refractivity contribution in [3.8, 4) is 0 Å². The van der Waals surface area contributed by atoms with Crippen molar-refractivity contribution in [2.75, 3.05) is 13.1 Å². The van der Waals surface area contributed by atoms with Gasteiger partial charge in [0.25, 0.3) is 0 Å². The Morgan fingerprint density at radius 1 is 1.33 bits per heavy atom. The maximum absolute atomic E-state index is 11.3. The number of carboxylic acids is 1. The van der Waals surface area contributed by atoms with Crippen molar-refractivity contribution in [2.24, 2.45) is 5.92 Å². The molecule has 3 heterocycles. The van der Waals surface area contributed by atoms with E-state index in [2.05, 4.69) is 33.5 Å². The summed E-state index contributed by atoms with van der Waals surface area (Å²) in [7, 11) is 0. The third-order valence-electron chi connectivity index (χ3n) is 4.86. The molecule has 2 atom stereocenters. The van der Waals surface area contributed by atoms with Crippen molar-refractivity contribution < 1.29 is 9.90 Å². The lowest BCUT2D eigenvalue weighted by Crippen LogP contribution is -2.28. The smallest absolute Gasteiger partial charge is 0.314 e. The minimum absolute atomic E-state index is 0.476. The number of carboxylic acid groups (broad SMARTS) is 1. The van der Waals surface area contributed by atoms with Gasteiger partial charge in [0.1, 0.15) is 17.6 Å². The first-order valence-corrected chi connectivity index (χ1v) is 7.95. The van der Waals surface area contributed by atoms with E-state index in [9.17, 15) is 9.90 Å². The first-order valence-electron chi connectivity index (χ1n) is 7.95. The second kappa shape index (κ2) is 5.75. The highest BCUT2D eigenvalue weighted by Gasteiger charge is 2.32. The lowest BCUT2D eigenvalue weighted by Gasteiger charge is -2.22. The number of aromatic nitrogens is 3. The minimum Gasteiger partial charge on any atom is -0.481 e. The summed E-state index contributed by atoms with van der Waals surface area (Å²) in [5, 5.41) is 17.8. The van der Waals surface area contributed by atoms with Gasteiger partial charge in [-0.1, -0.05) is 0 Å².